The van der Waals surface area contributed by atoms with E-state index in [1.165, 1.54) is 43.6 Å². The highest BCUT2D eigenvalue weighted by Crippen LogP contribution is 2.27. The van der Waals surface area contributed by atoms with Gasteiger partial charge in [-0.05, 0) is 54.6 Å². The molecule has 1 aromatic heterocycles. The van der Waals surface area contributed by atoms with Gasteiger partial charge in [-0.3, -0.25) is 9.52 Å². The number of carbonyl (C=O) groups excluding carboxylic acids is 1. The fourth-order valence-corrected chi connectivity index (χ4v) is 4.12. The highest BCUT2D eigenvalue weighted by molar-refractivity contribution is 7.92. The number of hydrogen-bond acceptors (Lipinski definition) is 5. The van der Waals surface area contributed by atoms with Crippen molar-refractivity contribution in [3.8, 4) is 5.75 Å². The number of nitrogens with one attached hydrogen (secondary N) is 2. The number of anilines is 2. The van der Waals surface area contributed by atoms with E-state index in [1.807, 2.05) is 0 Å². The third-order valence-corrected chi connectivity index (χ3v) is 5.92. The first-order chi connectivity index (χ1) is 13.8. The Morgan fingerprint density at radius 2 is 1.79 bits per heavy atom. The number of sulfonamides is 1. The van der Waals surface area contributed by atoms with Crippen LogP contribution in [0.4, 0.5) is 11.5 Å². The summed E-state index contributed by atoms with van der Waals surface area (Å²) in [6, 6.07) is 13.3. The van der Waals surface area contributed by atoms with Gasteiger partial charge in [-0.1, -0.05) is 23.2 Å². The van der Waals surface area contributed by atoms with Gasteiger partial charge in [0.15, 0.2) is 11.6 Å². The summed E-state index contributed by atoms with van der Waals surface area (Å²) in [6.45, 7) is 0. The fraction of sp³-hybridized carbons (Fsp3) is 0.0526. The number of pyridine rings is 1. The number of methoxy groups -OCH3 is 1. The van der Waals surface area contributed by atoms with Gasteiger partial charge in [0, 0.05) is 22.5 Å². The number of benzene rings is 2. The molecule has 1 amide bonds. The Balaban J connectivity index is 1.89. The van der Waals surface area contributed by atoms with Gasteiger partial charge in [0.2, 0.25) is 0 Å². The molecule has 0 saturated heterocycles. The van der Waals surface area contributed by atoms with Crippen molar-refractivity contribution in [2.45, 2.75) is 4.90 Å². The number of hydrogen-bond donors (Lipinski definition) is 2. The second-order valence-corrected chi connectivity index (χ2v) is 8.26. The second kappa shape index (κ2) is 8.69. The molecule has 2 aromatic carbocycles. The van der Waals surface area contributed by atoms with Crippen LogP contribution in [-0.2, 0) is 10.0 Å². The Morgan fingerprint density at radius 1 is 1.07 bits per heavy atom. The molecule has 0 radical (unpaired) electrons. The molecule has 0 fully saturated rings. The predicted octanol–water partition coefficient (Wildman–Crippen LogP) is 4.45. The summed E-state index contributed by atoms with van der Waals surface area (Å²) in [4.78, 5) is 16.4. The Hall–Kier alpha value is -2.81. The molecule has 29 heavy (non-hydrogen) atoms. The third kappa shape index (κ3) is 4.97. The maximum Gasteiger partial charge on any atom is 0.263 e. The number of nitrogens with zero attached hydrogens (tertiary/aromatic N) is 1. The maximum absolute atomic E-state index is 12.7. The lowest BCUT2D eigenvalue weighted by atomic mass is 10.2. The van der Waals surface area contributed by atoms with Crippen LogP contribution in [0.2, 0.25) is 10.0 Å². The summed E-state index contributed by atoms with van der Waals surface area (Å²) >= 11 is 11.9. The number of rotatable bonds is 6. The zero-order chi connectivity index (χ0) is 21.0. The summed E-state index contributed by atoms with van der Waals surface area (Å²) in [5, 5.41) is 3.02. The molecule has 0 spiro atoms. The summed E-state index contributed by atoms with van der Waals surface area (Å²) < 4.78 is 33.0. The van der Waals surface area contributed by atoms with E-state index in [-0.39, 0.29) is 21.3 Å². The average Bonchev–Trinajstić information content (AvgIpc) is 2.70. The Morgan fingerprint density at radius 3 is 2.48 bits per heavy atom. The van der Waals surface area contributed by atoms with Gasteiger partial charge >= 0.3 is 0 Å². The molecule has 10 heteroatoms. The summed E-state index contributed by atoms with van der Waals surface area (Å²) in [6.07, 6.45) is 1.49. The lowest BCUT2D eigenvalue weighted by Crippen LogP contribution is -2.17. The molecular weight excluding hydrogens is 437 g/mol. The van der Waals surface area contributed by atoms with Gasteiger partial charge in [-0.15, -0.1) is 0 Å². The van der Waals surface area contributed by atoms with E-state index in [0.717, 1.165) is 0 Å². The quantitative estimate of drug-likeness (QED) is 0.576. The molecule has 0 atom stereocenters. The van der Waals surface area contributed by atoms with E-state index in [9.17, 15) is 13.2 Å². The van der Waals surface area contributed by atoms with Gasteiger partial charge in [0.25, 0.3) is 15.9 Å². The van der Waals surface area contributed by atoms with E-state index in [1.54, 1.807) is 24.3 Å². The van der Waals surface area contributed by atoms with E-state index >= 15 is 0 Å². The Bertz CT molecular complexity index is 1150. The number of halogens is 2. The molecule has 0 aliphatic rings. The van der Waals surface area contributed by atoms with Crippen molar-refractivity contribution in [2.75, 3.05) is 17.1 Å². The standard InChI is InChI=1S/C19H15Cl2N3O4S/c1-28-16-3-2-10-22-18(16)23-19(25)12-4-9-15(21)17(11-12)29(26,27)24-14-7-5-13(20)6-8-14/h2-11,24H,1H3,(H,22,23,25). The molecule has 1 heterocycles. The van der Waals surface area contributed by atoms with Gasteiger partial charge in [-0.25, -0.2) is 13.4 Å². The number of carbonyl (C=O) groups is 1. The van der Waals surface area contributed by atoms with Gasteiger partial charge in [0.05, 0.1) is 12.1 Å². The molecule has 0 aliphatic carbocycles. The van der Waals surface area contributed by atoms with Crippen molar-refractivity contribution >= 4 is 50.6 Å². The Kier molecular flexibility index (Phi) is 6.26. The second-order valence-electron chi connectivity index (χ2n) is 5.77. The zero-order valence-corrected chi connectivity index (χ0v) is 17.3. The molecule has 7 nitrogen and oxygen atoms in total. The van der Waals surface area contributed by atoms with Crippen LogP contribution in [0.25, 0.3) is 0 Å². The maximum atomic E-state index is 12.7. The largest absolute Gasteiger partial charge is 0.493 e. The Labute approximate surface area is 177 Å². The van der Waals surface area contributed by atoms with E-state index in [2.05, 4.69) is 15.0 Å². The SMILES string of the molecule is COc1cccnc1NC(=O)c1ccc(Cl)c(S(=O)(=O)Nc2ccc(Cl)cc2)c1. The number of ether oxygens (including phenoxy) is 1. The number of amides is 1. The van der Waals surface area contributed by atoms with Crippen LogP contribution in [0.3, 0.4) is 0 Å². The molecular formula is C19H15Cl2N3O4S. The normalized spacial score (nSPS) is 11.0. The van der Waals surface area contributed by atoms with Crippen molar-refractivity contribution in [2.24, 2.45) is 0 Å². The van der Waals surface area contributed by atoms with Crippen molar-refractivity contribution in [3.05, 3.63) is 76.4 Å². The first kappa shape index (κ1) is 20.9. The lowest BCUT2D eigenvalue weighted by molar-refractivity contribution is 0.102. The average molecular weight is 452 g/mol. The van der Waals surface area contributed by atoms with Crippen molar-refractivity contribution < 1.29 is 17.9 Å². The van der Waals surface area contributed by atoms with E-state index in [4.69, 9.17) is 27.9 Å². The van der Waals surface area contributed by atoms with E-state index in [0.29, 0.717) is 16.5 Å². The monoisotopic (exact) mass is 451 g/mol. The van der Waals surface area contributed by atoms with Gasteiger partial charge in [-0.2, -0.15) is 0 Å². The van der Waals surface area contributed by atoms with Crippen LogP contribution in [0.15, 0.2) is 65.7 Å². The molecule has 2 N–H and O–H groups in total. The smallest absolute Gasteiger partial charge is 0.263 e. The highest BCUT2D eigenvalue weighted by Gasteiger charge is 2.21. The van der Waals surface area contributed by atoms with Crippen LogP contribution < -0.4 is 14.8 Å². The highest BCUT2D eigenvalue weighted by atomic mass is 35.5. The molecule has 3 aromatic rings. The minimum atomic E-state index is -4.04. The first-order valence-electron chi connectivity index (χ1n) is 8.18. The van der Waals surface area contributed by atoms with Crippen LogP contribution in [-0.4, -0.2) is 26.4 Å². The van der Waals surface area contributed by atoms with Gasteiger partial charge < -0.3 is 10.1 Å². The summed E-state index contributed by atoms with van der Waals surface area (Å²) in [5.41, 5.74) is 0.386. The van der Waals surface area contributed by atoms with Crippen molar-refractivity contribution in [1.29, 1.82) is 0 Å². The van der Waals surface area contributed by atoms with Crippen LogP contribution in [0.5, 0.6) is 5.75 Å². The van der Waals surface area contributed by atoms with Crippen LogP contribution in [0, 0.1) is 0 Å². The van der Waals surface area contributed by atoms with E-state index < -0.39 is 15.9 Å². The lowest BCUT2D eigenvalue weighted by Gasteiger charge is -2.12. The zero-order valence-electron chi connectivity index (χ0n) is 15.0. The summed E-state index contributed by atoms with van der Waals surface area (Å²) in [7, 11) is -2.60. The van der Waals surface area contributed by atoms with Crippen molar-refractivity contribution in [1.82, 2.24) is 4.98 Å². The first-order valence-corrected chi connectivity index (χ1v) is 10.4. The van der Waals surface area contributed by atoms with Crippen LogP contribution in [0.1, 0.15) is 10.4 Å². The van der Waals surface area contributed by atoms with Crippen LogP contribution >= 0.6 is 23.2 Å². The minimum Gasteiger partial charge on any atom is -0.493 e. The fourth-order valence-electron chi connectivity index (χ4n) is 2.41. The van der Waals surface area contributed by atoms with Crippen molar-refractivity contribution in [3.63, 3.8) is 0 Å². The number of aromatic nitrogens is 1. The molecule has 0 unspecified atom stereocenters. The van der Waals surface area contributed by atoms with Gasteiger partial charge in [0.1, 0.15) is 4.90 Å². The topological polar surface area (TPSA) is 97.4 Å². The summed E-state index contributed by atoms with van der Waals surface area (Å²) in [5.74, 6) is 0.00678. The molecule has 0 saturated carbocycles. The minimum absolute atomic E-state index is 0.0292. The third-order valence-electron chi connectivity index (χ3n) is 3.80. The molecule has 150 valence electrons. The predicted molar refractivity (Wildman–Crippen MR) is 112 cm³/mol. The molecule has 0 aliphatic heterocycles. The molecule has 3 rings (SSSR count). The molecule has 0 bridgehead atoms.